The zero-order chi connectivity index (χ0) is 11.8. The molecule has 2 rings (SSSR count). The molecule has 0 aromatic heterocycles. The lowest BCUT2D eigenvalue weighted by molar-refractivity contribution is -0.113. The van der Waals surface area contributed by atoms with Crippen LogP contribution in [-0.4, -0.2) is 18.9 Å². The summed E-state index contributed by atoms with van der Waals surface area (Å²) in [5.41, 5.74) is 0.276. The second-order valence-electron chi connectivity index (χ2n) is 3.04. The second kappa shape index (κ2) is 3.62. The van der Waals surface area contributed by atoms with Gasteiger partial charge in [-0.3, -0.25) is 9.35 Å². The molecule has 6 nitrogen and oxygen atoms in total. The van der Waals surface area contributed by atoms with E-state index < -0.39 is 16.0 Å². The fraction of sp³-hybridized carbons (Fsp3) is 0. The Labute approximate surface area is 91.1 Å². The number of hydrogen-bond acceptors (Lipinski definition) is 4. The highest BCUT2D eigenvalue weighted by molar-refractivity contribution is 7.85. The van der Waals surface area contributed by atoms with Crippen LogP contribution in [0.15, 0.2) is 45.5 Å². The van der Waals surface area contributed by atoms with Crippen LogP contribution in [0.3, 0.4) is 0 Å². The maximum atomic E-state index is 11.1. The maximum Gasteiger partial charge on any atom is 0.295 e. The van der Waals surface area contributed by atoms with E-state index in [1.54, 1.807) is 6.07 Å². The molecular weight excluding hydrogens is 232 g/mol. The molecule has 1 heterocycles. The number of benzene rings is 1. The third-order valence-electron chi connectivity index (χ3n) is 1.96. The van der Waals surface area contributed by atoms with E-state index in [4.69, 9.17) is 4.55 Å². The molecule has 82 valence electrons. The SMILES string of the molecule is O=C1C=C(c2ccccc2S(=O)(=O)O)N=N1. The zero-order valence-corrected chi connectivity index (χ0v) is 8.68. The van der Waals surface area contributed by atoms with Crippen molar-refractivity contribution >= 4 is 21.7 Å². The van der Waals surface area contributed by atoms with Crippen molar-refractivity contribution in [2.45, 2.75) is 4.90 Å². The first-order valence-corrected chi connectivity index (χ1v) is 5.67. The summed E-state index contributed by atoms with van der Waals surface area (Å²) >= 11 is 0. The van der Waals surface area contributed by atoms with Crippen LogP contribution in [0.25, 0.3) is 5.70 Å². The van der Waals surface area contributed by atoms with Gasteiger partial charge in [0.15, 0.2) is 0 Å². The number of rotatable bonds is 2. The molecule has 1 amide bonds. The maximum absolute atomic E-state index is 11.1. The van der Waals surface area contributed by atoms with Gasteiger partial charge in [-0.25, -0.2) is 0 Å². The van der Waals surface area contributed by atoms with Crippen LogP contribution < -0.4 is 0 Å². The molecule has 0 atom stereocenters. The smallest absolute Gasteiger partial charge is 0.282 e. The molecule has 0 radical (unpaired) electrons. The van der Waals surface area contributed by atoms with Gasteiger partial charge in [0.2, 0.25) is 0 Å². The van der Waals surface area contributed by atoms with Gasteiger partial charge in [0, 0.05) is 11.6 Å². The highest BCUT2D eigenvalue weighted by Gasteiger charge is 2.20. The minimum atomic E-state index is -4.34. The molecule has 1 aromatic rings. The first kappa shape index (κ1) is 10.7. The Hall–Kier alpha value is -1.86. The molecule has 0 saturated heterocycles. The van der Waals surface area contributed by atoms with Gasteiger partial charge in [-0.1, -0.05) is 18.2 Å². The number of carbonyl (C=O) groups is 1. The van der Waals surface area contributed by atoms with Crippen molar-refractivity contribution in [2.75, 3.05) is 0 Å². The van der Waals surface area contributed by atoms with E-state index >= 15 is 0 Å². The van der Waals surface area contributed by atoms with Gasteiger partial charge < -0.3 is 0 Å². The Morgan fingerprint density at radius 3 is 2.38 bits per heavy atom. The molecule has 7 heteroatoms. The van der Waals surface area contributed by atoms with E-state index in [1.807, 2.05) is 0 Å². The molecule has 1 aliphatic rings. The standard InChI is InChI=1S/C9H6N2O4S/c12-9-5-7(10-11-9)6-3-1-2-4-8(6)16(13,14)15/h1-5H,(H,13,14,15). The zero-order valence-electron chi connectivity index (χ0n) is 7.86. The highest BCUT2D eigenvalue weighted by Crippen LogP contribution is 2.26. The fourth-order valence-corrected chi connectivity index (χ4v) is 2.01. The van der Waals surface area contributed by atoms with Crippen molar-refractivity contribution in [3.63, 3.8) is 0 Å². The van der Waals surface area contributed by atoms with E-state index in [0.29, 0.717) is 0 Å². The summed E-state index contributed by atoms with van der Waals surface area (Å²) in [5, 5.41) is 6.76. The Morgan fingerprint density at radius 2 is 1.81 bits per heavy atom. The normalized spacial score (nSPS) is 15.3. The van der Waals surface area contributed by atoms with E-state index in [1.165, 1.54) is 18.2 Å². The minimum absolute atomic E-state index is 0.123. The Kier molecular flexibility index (Phi) is 2.41. The van der Waals surface area contributed by atoms with Crippen molar-refractivity contribution in [3.8, 4) is 0 Å². The summed E-state index contributed by atoms with van der Waals surface area (Å²) in [6, 6.07) is 5.70. The van der Waals surface area contributed by atoms with Gasteiger partial charge in [-0.15, -0.1) is 10.2 Å². The third kappa shape index (κ3) is 1.90. The second-order valence-corrected chi connectivity index (χ2v) is 4.43. The van der Waals surface area contributed by atoms with Crippen molar-refractivity contribution in [1.29, 1.82) is 0 Å². The Bertz CT molecular complexity index is 616. The lowest BCUT2D eigenvalue weighted by Gasteiger charge is -2.03. The van der Waals surface area contributed by atoms with Crippen LogP contribution in [0.4, 0.5) is 0 Å². The van der Waals surface area contributed by atoms with Crippen LogP contribution >= 0.6 is 0 Å². The molecule has 0 saturated carbocycles. The summed E-state index contributed by atoms with van der Waals surface area (Å²) in [7, 11) is -4.34. The molecule has 16 heavy (non-hydrogen) atoms. The van der Waals surface area contributed by atoms with Gasteiger partial charge in [0.05, 0.1) is 0 Å². The van der Waals surface area contributed by atoms with Gasteiger partial charge in [0.25, 0.3) is 16.0 Å². The van der Waals surface area contributed by atoms with Crippen LogP contribution in [0.5, 0.6) is 0 Å². The predicted molar refractivity (Wildman–Crippen MR) is 54.1 cm³/mol. The van der Waals surface area contributed by atoms with Crippen LogP contribution in [0, 0.1) is 0 Å². The van der Waals surface area contributed by atoms with Gasteiger partial charge in [0.1, 0.15) is 10.6 Å². The minimum Gasteiger partial charge on any atom is -0.282 e. The molecule has 1 aromatic carbocycles. The molecule has 0 aliphatic carbocycles. The average molecular weight is 238 g/mol. The van der Waals surface area contributed by atoms with Crippen molar-refractivity contribution in [3.05, 3.63) is 35.9 Å². The molecule has 1 aliphatic heterocycles. The lowest BCUT2D eigenvalue weighted by Crippen LogP contribution is -2.01. The number of nitrogens with zero attached hydrogens (tertiary/aromatic N) is 2. The number of hydrogen-bond donors (Lipinski definition) is 1. The number of carbonyl (C=O) groups excluding carboxylic acids is 1. The molecular formula is C9H6N2O4S. The van der Waals surface area contributed by atoms with Gasteiger partial charge in [-0.2, -0.15) is 8.42 Å². The molecule has 0 unspecified atom stereocenters. The summed E-state index contributed by atoms with van der Waals surface area (Å²) in [6.45, 7) is 0. The predicted octanol–water partition coefficient (Wildman–Crippen LogP) is 1.27. The van der Waals surface area contributed by atoms with E-state index in [-0.39, 0.29) is 16.2 Å². The summed E-state index contributed by atoms with van der Waals surface area (Å²) in [5.74, 6) is -0.555. The quantitative estimate of drug-likeness (QED) is 0.784. The van der Waals surface area contributed by atoms with Gasteiger partial charge in [-0.05, 0) is 6.07 Å². The molecule has 1 N–H and O–H groups in total. The summed E-state index contributed by atoms with van der Waals surface area (Å²) < 4.78 is 31.1. The number of amides is 1. The fourth-order valence-electron chi connectivity index (χ4n) is 1.31. The van der Waals surface area contributed by atoms with E-state index in [0.717, 1.165) is 6.08 Å². The first-order valence-electron chi connectivity index (χ1n) is 4.23. The third-order valence-corrected chi connectivity index (χ3v) is 2.87. The summed E-state index contributed by atoms with van der Waals surface area (Å²) in [6.07, 6.45) is 1.10. The van der Waals surface area contributed by atoms with Crippen LogP contribution in [0.1, 0.15) is 5.56 Å². The number of azo groups is 1. The van der Waals surface area contributed by atoms with Crippen molar-refractivity contribution in [1.82, 2.24) is 0 Å². The molecule has 0 fully saturated rings. The van der Waals surface area contributed by atoms with Crippen molar-refractivity contribution < 1.29 is 17.8 Å². The van der Waals surface area contributed by atoms with Gasteiger partial charge >= 0.3 is 0 Å². The first-order chi connectivity index (χ1) is 7.48. The van der Waals surface area contributed by atoms with E-state index in [2.05, 4.69) is 10.2 Å². The molecule has 0 bridgehead atoms. The van der Waals surface area contributed by atoms with E-state index in [9.17, 15) is 13.2 Å². The lowest BCUT2D eigenvalue weighted by atomic mass is 10.1. The Balaban J connectivity index is 2.63. The monoisotopic (exact) mass is 238 g/mol. The largest absolute Gasteiger partial charge is 0.295 e. The topological polar surface area (TPSA) is 96.2 Å². The average Bonchev–Trinajstić information content (AvgIpc) is 2.64. The highest BCUT2D eigenvalue weighted by atomic mass is 32.2. The van der Waals surface area contributed by atoms with Crippen LogP contribution in [-0.2, 0) is 14.9 Å². The molecule has 0 spiro atoms. The Morgan fingerprint density at radius 1 is 1.12 bits per heavy atom. The van der Waals surface area contributed by atoms with Crippen molar-refractivity contribution in [2.24, 2.45) is 10.2 Å². The van der Waals surface area contributed by atoms with Crippen LogP contribution in [0.2, 0.25) is 0 Å². The summed E-state index contributed by atoms with van der Waals surface area (Å²) in [4.78, 5) is 10.5.